The average molecular weight is 304 g/mol. The van der Waals surface area contributed by atoms with Crippen LogP contribution in [0.2, 0.25) is 0 Å². The second-order valence-corrected chi connectivity index (χ2v) is 5.94. The predicted molar refractivity (Wildman–Crippen MR) is 83.0 cm³/mol. The Morgan fingerprint density at radius 3 is 2.81 bits per heavy atom. The third-order valence-corrected chi connectivity index (χ3v) is 4.42. The van der Waals surface area contributed by atoms with Gasteiger partial charge in [-0.2, -0.15) is 0 Å². The van der Waals surface area contributed by atoms with E-state index in [2.05, 4.69) is 5.32 Å². The smallest absolute Gasteiger partial charge is 0.251 e. The largest absolute Gasteiger partial charge is 0.466 e. The first-order valence-electron chi connectivity index (χ1n) is 7.18. The van der Waals surface area contributed by atoms with E-state index in [4.69, 9.17) is 16.0 Å². The summed E-state index contributed by atoms with van der Waals surface area (Å²) in [5.41, 5.74) is 3.73. The summed E-state index contributed by atoms with van der Waals surface area (Å²) in [6.07, 6.45) is 1.90. The predicted octanol–water partition coefficient (Wildman–Crippen LogP) is 3.90. The van der Waals surface area contributed by atoms with Gasteiger partial charge in [-0.05, 0) is 49.9 Å². The van der Waals surface area contributed by atoms with Crippen LogP contribution in [0.25, 0.3) is 0 Å². The molecule has 0 saturated heterocycles. The van der Waals surface area contributed by atoms with Gasteiger partial charge in [0.1, 0.15) is 11.5 Å². The Balaban J connectivity index is 2.00. The van der Waals surface area contributed by atoms with Crippen LogP contribution in [0.3, 0.4) is 0 Å². The number of benzene rings is 1. The molecule has 21 heavy (non-hydrogen) atoms. The monoisotopic (exact) mass is 303 g/mol. The highest BCUT2D eigenvalue weighted by molar-refractivity contribution is 6.22. The van der Waals surface area contributed by atoms with Gasteiger partial charge in [-0.3, -0.25) is 4.79 Å². The zero-order valence-corrected chi connectivity index (χ0v) is 13.0. The molecule has 2 aromatic rings. The van der Waals surface area contributed by atoms with Gasteiger partial charge in [0.05, 0.1) is 5.38 Å². The maximum absolute atomic E-state index is 12.1. The van der Waals surface area contributed by atoms with Gasteiger partial charge in [0.15, 0.2) is 0 Å². The summed E-state index contributed by atoms with van der Waals surface area (Å²) in [6, 6.07) is 7.90. The molecule has 0 aliphatic carbocycles. The quantitative estimate of drug-likeness (QED) is 0.855. The number of amides is 1. The number of aryl methyl sites for hydroxylation is 3. The molecule has 0 bridgehead atoms. The maximum Gasteiger partial charge on any atom is 0.251 e. The molecule has 2 heterocycles. The highest BCUT2D eigenvalue weighted by atomic mass is 35.5. The fourth-order valence-corrected chi connectivity index (χ4v) is 3.19. The Labute approximate surface area is 129 Å². The van der Waals surface area contributed by atoms with Crippen LogP contribution in [-0.4, -0.2) is 12.5 Å². The van der Waals surface area contributed by atoms with E-state index in [0.29, 0.717) is 0 Å². The number of furan rings is 1. The van der Waals surface area contributed by atoms with Crippen LogP contribution in [-0.2, 0) is 6.42 Å². The van der Waals surface area contributed by atoms with Crippen molar-refractivity contribution in [2.75, 3.05) is 6.54 Å². The van der Waals surface area contributed by atoms with Crippen LogP contribution in [0.1, 0.15) is 50.4 Å². The summed E-state index contributed by atoms with van der Waals surface area (Å²) in [7, 11) is 0. The van der Waals surface area contributed by atoms with Crippen molar-refractivity contribution in [3.63, 3.8) is 0 Å². The van der Waals surface area contributed by atoms with E-state index in [0.717, 1.165) is 53.2 Å². The zero-order valence-electron chi connectivity index (χ0n) is 12.2. The first-order chi connectivity index (χ1) is 10.1. The molecule has 1 N–H and O–H groups in total. The Morgan fingerprint density at radius 2 is 2.10 bits per heavy atom. The van der Waals surface area contributed by atoms with Gasteiger partial charge >= 0.3 is 0 Å². The molecule has 1 aliphatic rings. The standard InChI is InChI=1S/C17H18ClNO2/c1-10-8-14(11(2)21-10)16(18)13-6-5-12-4-3-7-19-17(20)15(12)9-13/h5-6,8-9,16H,3-4,7H2,1-2H3,(H,19,20). The fraction of sp³-hybridized carbons (Fsp3) is 0.353. The number of carbonyl (C=O) groups excluding carboxylic acids is 1. The third-order valence-electron chi connectivity index (χ3n) is 3.93. The highest BCUT2D eigenvalue weighted by Crippen LogP contribution is 2.34. The van der Waals surface area contributed by atoms with E-state index >= 15 is 0 Å². The SMILES string of the molecule is Cc1cc(C(Cl)c2ccc3c(c2)C(=O)NCCC3)c(C)o1. The van der Waals surface area contributed by atoms with Gasteiger partial charge in [-0.1, -0.05) is 12.1 Å². The van der Waals surface area contributed by atoms with E-state index in [1.54, 1.807) is 0 Å². The minimum absolute atomic E-state index is 0.00619. The number of hydrogen-bond acceptors (Lipinski definition) is 2. The molecule has 3 nitrogen and oxygen atoms in total. The molecule has 0 saturated carbocycles. The van der Waals surface area contributed by atoms with Crippen molar-refractivity contribution in [3.8, 4) is 0 Å². The minimum atomic E-state index is -0.302. The molecule has 1 aliphatic heterocycles. The summed E-state index contributed by atoms with van der Waals surface area (Å²) in [4.78, 5) is 12.1. The Bertz CT molecular complexity index is 690. The molecule has 1 aromatic carbocycles. The first kappa shape index (κ1) is 14.2. The number of carbonyl (C=O) groups is 1. The second-order valence-electron chi connectivity index (χ2n) is 5.51. The number of nitrogens with one attached hydrogen (secondary N) is 1. The van der Waals surface area contributed by atoms with Crippen LogP contribution >= 0.6 is 11.6 Å². The van der Waals surface area contributed by atoms with Gasteiger partial charge in [0.2, 0.25) is 0 Å². The molecule has 1 unspecified atom stereocenters. The van der Waals surface area contributed by atoms with Crippen molar-refractivity contribution in [3.05, 3.63) is 58.0 Å². The molecule has 0 radical (unpaired) electrons. The number of alkyl halides is 1. The zero-order chi connectivity index (χ0) is 15.0. The maximum atomic E-state index is 12.1. The van der Waals surface area contributed by atoms with E-state index in [-0.39, 0.29) is 11.3 Å². The Hall–Kier alpha value is -1.74. The summed E-state index contributed by atoms with van der Waals surface area (Å²) < 4.78 is 5.55. The van der Waals surface area contributed by atoms with Crippen molar-refractivity contribution in [1.82, 2.24) is 5.32 Å². The molecular formula is C17H18ClNO2. The second kappa shape index (κ2) is 5.57. The highest BCUT2D eigenvalue weighted by Gasteiger charge is 2.21. The fourth-order valence-electron chi connectivity index (χ4n) is 2.84. The molecule has 1 amide bonds. The summed E-state index contributed by atoms with van der Waals surface area (Å²) in [5.74, 6) is 1.67. The molecule has 4 heteroatoms. The van der Waals surface area contributed by atoms with E-state index in [1.807, 2.05) is 38.1 Å². The van der Waals surface area contributed by atoms with E-state index in [9.17, 15) is 4.79 Å². The number of halogens is 1. The molecule has 110 valence electrons. The first-order valence-corrected chi connectivity index (χ1v) is 7.62. The van der Waals surface area contributed by atoms with E-state index in [1.165, 1.54) is 0 Å². The summed E-state index contributed by atoms with van der Waals surface area (Å²) in [5, 5.41) is 2.62. The Kier molecular flexibility index (Phi) is 3.77. The minimum Gasteiger partial charge on any atom is -0.466 e. The molecule has 1 atom stereocenters. The summed E-state index contributed by atoms with van der Waals surface area (Å²) >= 11 is 6.59. The number of rotatable bonds is 2. The van der Waals surface area contributed by atoms with Crippen molar-refractivity contribution in [2.24, 2.45) is 0 Å². The van der Waals surface area contributed by atoms with Gasteiger partial charge < -0.3 is 9.73 Å². The molecule has 3 rings (SSSR count). The third kappa shape index (κ3) is 2.70. The lowest BCUT2D eigenvalue weighted by Crippen LogP contribution is -2.22. The van der Waals surface area contributed by atoms with Gasteiger partial charge in [-0.25, -0.2) is 0 Å². The van der Waals surface area contributed by atoms with Crippen LogP contribution in [0.15, 0.2) is 28.7 Å². The van der Waals surface area contributed by atoms with Crippen LogP contribution in [0.4, 0.5) is 0 Å². The van der Waals surface area contributed by atoms with Crippen LogP contribution in [0, 0.1) is 13.8 Å². The molecule has 0 spiro atoms. The lowest BCUT2D eigenvalue weighted by atomic mass is 9.97. The van der Waals surface area contributed by atoms with Crippen molar-refractivity contribution in [1.29, 1.82) is 0 Å². The van der Waals surface area contributed by atoms with Crippen molar-refractivity contribution in [2.45, 2.75) is 32.1 Å². The van der Waals surface area contributed by atoms with Crippen LogP contribution in [0.5, 0.6) is 0 Å². The summed E-state index contributed by atoms with van der Waals surface area (Å²) in [6.45, 7) is 4.55. The normalized spacial score (nSPS) is 16.0. The molecule has 1 aromatic heterocycles. The van der Waals surface area contributed by atoms with Gasteiger partial charge in [0, 0.05) is 17.7 Å². The number of fused-ring (bicyclic) bond motifs is 1. The molecule has 0 fully saturated rings. The number of hydrogen-bond donors (Lipinski definition) is 1. The van der Waals surface area contributed by atoms with Crippen molar-refractivity contribution < 1.29 is 9.21 Å². The van der Waals surface area contributed by atoms with Gasteiger partial charge in [-0.15, -0.1) is 11.6 Å². The lowest BCUT2D eigenvalue weighted by molar-refractivity contribution is 0.0956. The topological polar surface area (TPSA) is 42.2 Å². The average Bonchev–Trinajstić information content (AvgIpc) is 2.69. The molecular weight excluding hydrogens is 286 g/mol. The van der Waals surface area contributed by atoms with Gasteiger partial charge in [0.25, 0.3) is 5.91 Å². The Morgan fingerprint density at radius 1 is 1.29 bits per heavy atom. The van der Waals surface area contributed by atoms with Crippen molar-refractivity contribution >= 4 is 17.5 Å². The van der Waals surface area contributed by atoms with Crippen LogP contribution < -0.4 is 5.32 Å². The lowest BCUT2D eigenvalue weighted by Gasteiger charge is -2.12. The van der Waals surface area contributed by atoms with E-state index < -0.39 is 0 Å².